The fourth-order valence-corrected chi connectivity index (χ4v) is 2.26. The van der Waals surface area contributed by atoms with Gasteiger partial charge < -0.3 is 5.73 Å². The highest BCUT2D eigenvalue weighted by molar-refractivity contribution is 7.18. The lowest BCUT2D eigenvalue weighted by molar-refractivity contribution is 1.26. The molecule has 1 aromatic carbocycles. The van der Waals surface area contributed by atoms with E-state index in [2.05, 4.69) is 4.98 Å². The first-order valence-electron chi connectivity index (χ1n) is 4.89. The summed E-state index contributed by atoms with van der Waals surface area (Å²) in [4.78, 5) is 15.7. The highest BCUT2D eigenvalue weighted by Gasteiger charge is 2.12. The Morgan fingerprint density at radius 1 is 1.35 bits per heavy atom. The van der Waals surface area contributed by atoms with Crippen molar-refractivity contribution in [1.82, 2.24) is 4.98 Å². The van der Waals surface area contributed by atoms with E-state index in [0.29, 0.717) is 4.88 Å². The maximum Gasteiger partial charge on any atom is 0.291 e. The van der Waals surface area contributed by atoms with Gasteiger partial charge in [0.1, 0.15) is 11.6 Å². The molecule has 17 heavy (non-hydrogen) atoms. The minimum atomic E-state index is -0.570. The average Bonchev–Trinajstić information content (AvgIpc) is 2.29. The van der Waals surface area contributed by atoms with Crippen LogP contribution in [-0.4, -0.2) is 4.98 Å². The minimum Gasteiger partial charge on any atom is -0.375 e. The van der Waals surface area contributed by atoms with Crippen molar-refractivity contribution >= 4 is 16.5 Å². The molecule has 0 fully saturated rings. The van der Waals surface area contributed by atoms with E-state index >= 15 is 0 Å². The number of aryl methyl sites for hydroxylation is 1. The summed E-state index contributed by atoms with van der Waals surface area (Å²) in [6.07, 6.45) is 0. The number of rotatable bonds is 1. The first-order chi connectivity index (χ1) is 8.11. The fourth-order valence-electron chi connectivity index (χ4n) is 1.44. The Balaban J connectivity index is 2.71. The Kier molecular flexibility index (Phi) is 2.90. The average molecular weight is 243 g/mol. The molecule has 0 aliphatic rings. The number of anilines is 1. The Morgan fingerprint density at radius 3 is 2.59 bits per heavy atom. The fraction of sp³-hybridized carbons (Fsp3) is 0.0833. The largest absolute Gasteiger partial charge is 0.375 e. The number of nitrogens with zero attached hydrogens (tertiary/aromatic N) is 2. The van der Waals surface area contributed by atoms with Gasteiger partial charge in [0.05, 0.1) is 4.88 Å². The molecular weight excluding hydrogens is 234 g/mol. The molecule has 84 valence electrons. The summed E-state index contributed by atoms with van der Waals surface area (Å²) in [5, 5.41) is 9.15. The summed E-state index contributed by atoms with van der Waals surface area (Å²) < 4.78 is 0. The molecule has 2 N–H and O–H groups in total. The monoisotopic (exact) mass is 243 g/mol. The first kappa shape index (κ1) is 11.3. The topological polar surface area (TPSA) is 79.8 Å². The molecule has 0 unspecified atom stereocenters. The summed E-state index contributed by atoms with van der Waals surface area (Å²) in [6.45, 7) is 1.97. The third-order valence-electron chi connectivity index (χ3n) is 2.28. The standard InChI is InChI=1S/C12H9N3OS/c1-7-2-4-8(5-3-7)10-9(6-13)11(16)15-12(14)17-10/h2-5H,1H3,(H2,14,15,16). The van der Waals surface area contributed by atoms with Crippen LogP contribution in [0.3, 0.4) is 0 Å². The van der Waals surface area contributed by atoms with Gasteiger partial charge in [0, 0.05) is 0 Å². The van der Waals surface area contributed by atoms with Gasteiger partial charge >= 0.3 is 0 Å². The lowest BCUT2D eigenvalue weighted by Crippen LogP contribution is -2.12. The summed E-state index contributed by atoms with van der Waals surface area (Å²) in [5.74, 6) is 0. The molecular formula is C12H9N3OS. The van der Waals surface area contributed by atoms with E-state index in [-0.39, 0.29) is 10.7 Å². The van der Waals surface area contributed by atoms with E-state index in [0.717, 1.165) is 22.5 Å². The van der Waals surface area contributed by atoms with Crippen LogP contribution in [0, 0.1) is 18.3 Å². The summed E-state index contributed by atoms with van der Waals surface area (Å²) in [6, 6.07) is 9.45. The Hall–Kier alpha value is -2.19. The number of nitrogen functional groups attached to an aromatic ring is 1. The van der Waals surface area contributed by atoms with Crippen molar-refractivity contribution in [1.29, 1.82) is 5.26 Å². The second-order valence-corrected chi connectivity index (χ2v) is 4.57. The predicted octanol–water partition coefficient (Wildman–Crippen LogP) is 1.93. The van der Waals surface area contributed by atoms with Crippen LogP contribution in [0.5, 0.6) is 0 Å². The number of aromatic nitrogens is 1. The van der Waals surface area contributed by atoms with Gasteiger partial charge in [-0.25, -0.2) is 0 Å². The number of benzene rings is 1. The first-order valence-corrected chi connectivity index (χ1v) is 5.71. The molecule has 0 saturated heterocycles. The minimum absolute atomic E-state index is 0.0491. The molecule has 0 atom stereocenters. The van der Waals surface area contributed by atoms with Gasteiger partial charge in [-0.2, -0.15) is 10.2 Å². The lowest BCUT2D eigenvalue weighted by atomic mass is 10.1. The van der Waals surface area contributed by atoms with Crippen LogP contribution in [0.15, 0.2) is 29.1 Å². The Bertz CT molecular complexity index is 653. The van der Waals surface area contributed by atoms with Gasteiger partial charge in [0.25, 0.3) is 5.56 Å². The maximum absolute atomic E-state index is 11.5. The molecule has 0 amide bonds. The zero-order chi connectivity index (χ0) is 12.4. The molecule has 1 aromatic heterocycles. The van der Waals surface area contributed by atoms with Crippen LogP contribution in [0.2, 0.25) is 0 Å². The number of nitriles is 1. The Labute approximate surface area is 102 Å². The number of hydrogen-bond donors (Lipinski definition) is 1. The second-order valence-electron chi connectivity index (χ2n) is 3.54. The molecule has 0 aliphatic carbocycles. The lowest BCUT2D eigenvalue weighted by Gasteiger charge is -2.03. The van der Waals surface area contributed by atoms with Crippen LogP contribution in [0.1, 0.15) is 11.1 Å². The molecule has 0 saturated carbocycles. The molecule has 2 aromatic rings. The number of nitrogens with two attached hydrogens (primary N) is 1. The van der Waals surface area contributed by atoms with Crippen molar-refractivity contribution < 1.29 is 0 Å². The highest BCUT2D eigenvalue weighted by Crippen LogP contribution is 2.28. The van der Waals surface area contributed by atoms with E-state index in [1.165, 1.54) is 0 Å². The van der Waals surface area contributed by atoms with Crippen molar-refractivity contribution in [3.8, 4) is 16.5 Å². The molecule has 2 rings (SSSR count). The third-order valence-corrected chi connectivity index (χ3v) is 3.23. The van der Waals surface area contributed by atoms with Gasteiger partial charge in [0.2, 0.25) is 0 Å². The quantitative estimate of drug-likeness (QED) is 0.830. The number of hydrogen-bond acceptors (Lipinski definition) is 5. The van der Waals surface area contributed by atoms with Gasteiger partial charge in [0.15, 0.2) is 5.13 Å². The predicted molar refractivity (Wildman–Crippen MR) is 67.7 cm³/mol. The Morgan fingerprint density at radius 2 is 2.00 bits per heavy atom. The van der Waals surface area contributed by atoms with Gasteiger partial charge in [-0.15, -0.1) is 0 Å². The van der Waals surface area contributed by atoms with Crippen LogP contribution >= 0.6 is 11.3 Å². The normalized spacial score (nSPS) is 9.88. The van der Waals surface area contributed by atoms with Crippen LogP contribution < -0.4 is 11.3 Å². The SMILES string of the molecule is Cc1ccc(-c2sc(N)nc(=O)c2C#N)cc1. The van der Waals surface area contributed by atoms with Gasteiger partial charge in [-0.05, 0) is 12.5 Å². The summed E-state index contributed by atoms with van der Waals surface area (Å²) >= 11 is 1.15. The second kappa shape index (κ2) is 4.36. The van der Waals surface area contributed by atoms with Crippen molar-refractivity contribution in [3.05, 3.63) is 45.7 Å². The van der Waals surface area contributed by atoms with E-state index < -0.39 is 5.56 Å². The molecule has 4 nitrogen and oxygen atoms in total. The van der Waals surface area contributed by atoms with Crippen molar-refractivity contribution in [3.63, 3.8) is 0 Å². The molecule has 1 heterocycles. The molecule has 0 bridgehead atoms. The van der Waals surface area contributed by atoms with E-state index in [4.69, 9.17) is 11.0 Å². The van der Waals surface area contributed by atoms with Crippen molar-refractivity contribution in [2.75, 3.05) is 5.73 Å². The van der Waals surface area contributed by atoms with E-state index in [9.17, 15) is 4.79 Å². The van der Waals surface area contributed by atoms with E-state index in [1.54, 1.807) is 0 Å². The van der Waals surface area contributed by atoms with E-state index in [1.807, 2.05) is 37.3 Å². The summed E-state index contributed by atoms with van der Waals surface area (Å²) in [5.41, 5.74) is 6.95. The zero-order valence-corrected chi connectivity index (χ0v) is 9.91. The molecule has 0 radical (unpaired) electrons. The maximum atomic E-state index is 11.5. The van der Waals surface area contributed by atoms with Gasteiger partial charge in [-0.1, -0.05) is 41.2 Å². The van der Waals surface area contributed by atoms with Gasteiger partial charge in [-0.3, -0.25) is 4.79 Å². The molecule has 0 spiro atoms. The van der Waals surface area contributed by atoms with Crippen LogP contribution in [-0.2, 0) is 0 Å². The van der Waals surface area contributed by atoms with Crippen molar-refractivity contribution in [2.24, 2.45) is 0 Å². The smallest absolute Gasteiger partial charge is 0.291 e. The van der Waals surface area contributed by atoms with Crippen LogP contribution in [0.4, 0.5) is 5.13 Å². The molecule has 0 aliphatic heterocycles. The highest BCUT2D eigenvalue weighted by atomic mass is 32.1. The third kappa shape index (κ3) is 2.17. The molecule has 5 heteroatoms. The zero-order valence-electron chi connectivity index (χ0n) is 9.10. The summed E-state index contributed by atoms with van der Waals surface area (Å²) in [7, 11) is 0. The van der Waals surface area contributed by atoms with Crippen molar-refractivity contribution in [2.45, 2.75) is 6.92 Å². The van der Waals surface area contributed by atoms with Crippen LogP contribution in [0.25, 0.3) is 10.4 Å².